The number of carbonyl (C=O) groups is 1. The Hall–Kier alpha value is -1.69. The SMILES string of the molecule is CC1(C)CCC(=O)N(CCCCCN2CCN(c3ncccn3)CC2)CC1. The molecule has 150 valence electrons. The average molecular weight is 374 g/mol. The van der Waals surface area contributed by atoms with Crippen molar-refractivity contribution in [2.24, 2.45) is 5.41 Å². The van der Waals surface area contributed by atoms with Gasteiger partial charge in [0, 0.05) is 58.1 Å². The standard InChI is InChI=1S/C21H35N5O/c1-21(2)8-7-19(27)25(14-9-21)13-5-3-4-12-24-15-17-26(18-16-24)20-22-10-6-11-23-20/h6,10-11H,3-5,7-9,12-18H2,1-2H3. The lowest BCUT2D eigenvalue weighted by Gasteiger charge is -2.34. The van der Waals surface area contributed by atoms with Gasteiger partial charge in [-0.05, 0) is 43.7 Å². The molecule has 6 heteroatoms. The lowest BCUT2D eigenvalue weighted by Crippen LogP contribution is -2.47. The molecule has 2 aliphatic rings. The molecule has 0 N–H and O–H groups in total. The second kappa shape index (κ2) is 9.49. The van der Waals surface area contributed by atoms with E-state index in [4.69, 9.17) is 0 Å². The van der Waals surface area contributed by atoms with E-state index in [0.29, 0.717) is 11.3 Å². The Morgan fingerprint density at radius 1 is 0.926 bits per heavy atom. The number of likely N-dealkylation sites (tertiary alicyclic amines) is 1. The quantitative estimate of drug-likeness (QED) is 0.688. The van der Waals surface area contributed by atoms with Gasteiger partial charge in [-0.1, -0.05) is 20.3 Å². The molecule has 0 aromatic carbocycles. The number of rotatable bonds is 7. The average Bonchev–Trinajstić information content (AvgIpc) is 2.81. The summed E-state index contributed by atoms with van der Waals surface area (Å²) in [6, 6.07) is 1.86. The smallest absolute Gasteiger partial charge is 0.225 e. The Bertz CT molecular complexity index is 583. The molecular weight excluding hydrogens is 338 g/mol. The van der Waals surface area contributed by atoms with Crippen LogP contribution in [0.15, 0.2) is 18.5 Å². The summed E-state index contributed by atoms with van der Waals surface area (Å²) in [4.78, 5) is 27.9. The molecule has 0 saturated carbocycles. The first kappa shape index (κ1) is 20.1. The van der Waals surface area contributed by atoms with Crippen LogP contribution in [0.25, 0.3) is 0 Å². The Labute approximate surface area is 164 Å². The lowest BCUT2D eigenvalue weighted by molar-refractivity contribution is -0.130. The molecule has 2 aliphatic heterocycles. The fourth-order valence-electron chi connectivity index (χ4n) is 3.97. The maximum absolute atomic E-state index is 12.3. The van der Waals surface area contributed by atoms with Crippen LogP contribution in [-0.4, -0.2) is 71.5 Å². The van der Waals surface area contributed by atoms with Crippen LogP contribution >= 0.6 is 0 Å². The number of aromatic nitrogens is 2. The third-order valence-electron chi connectivity index (χ3n) is 6.04. The summed E-state index contributed by atoms with van der Waals surface area (Å²) in [6.07, 6.45) is 10.1. The van der Waals surface area contributed by atoms with Gasteiger partial charge in [0.05, 0.1) is 0 Å². The molecule has 6 nitrogen and oxygen atoms in total. The van der Waals surface area contributed by atoms with E-state index in [-0.39, 0.29) is 0 Å². The second-order valence-electron chi connectivity index (χ2n) is 8.73. The van der Waals surface area contributed by atoms with Crippen molar-refractivity contribution in [1.82, 2.24) is 19.8 Å². The topological polar surface area (TPSA) is 52.6 Å². The van der Waals surface area contributed by atoms with Crippen LogP contribution in [0.1, 0.15) is 52.4 Å². The fraction of sp³-hybridized carbons (Fsp3) is 0.762. The van der Waals surface area contributed by atoms with Crippen molar-refractivity contribution in [3.05, 3.63) is 18.5 Å². The summed E-state index contributed by atoms with van der Waals surface area (Å²) in [5, 5.41) is 0. The molecule has 0 spiro atoms. The van der Waals surface area contributed by atoms with Gasteiger partial charge in [0.15, 0.2) is 0 Å². The van der Waals surface area contributed by atoms with Crippen molar-refractivity contribution < 1.29 is 4.79 Å². The predicted octanol–water partition coefficient (Wildman–Crippen LogP) is 2.81. The molecule has 3 heterocycles. The van der Waals surface area contributed by atoms with E-state index in [1.165, 1.54) is 12.8 Å². The van der Waals surface area contributed by atoms with E-state index in [9.17, 15) is 4.79 Å². The van der Waals surface area contributed by atoms with Crippen LogP contribution in [0.5, 0.6) is 0 Å². The number of piperazine rings is 1. The molecule has 27 heavy (non-hydrogen) atoms. The minimum Gasteiger partial charge on any atom is -0.343 e. The predicted molar refractivity (Wildman–Crippen MR) is 109 cm³/mol. The highest BCUT2D eigenvalue weighted by Crippen LogP contribution is 2.30. The van der Waals surface area contributed by atoms with Gasteiger partial charge in [0.25, 0.3) is 0 Å². The largest absolute Gasteiger partial charge is 0.343 e. The number of amides is 1. The van der Waals surface area contributed by atoms with Crippen LogP contribution < -0.4 is 4.90 Å². The van der Waals surface area contributed by atoms with Crippen molar-refractivity contribution in [3.8, 4) is 0 Å². The first-order valence-corrected chi connectivity index (χ1v) is 10.6. The van der Waals surface area contributed by atoms with E-state index >= 15 is 0 Å². The van der Waals surface area contributed by atoms with Crippen molar-refractivity contribution in [2.75, 3.05) is 50.7 Å². The monoisotopic (exact) mass is 373 g/mol. The minimum atomic E-state index is 0.317. The van der Waals surface area contributed by atoms with Crippen molar-refractivity contribution >= 4 is 11.9 Å². The highest BCUT2D eigenvalue weighted by molar-refractivity contribution is 5.76. The molecule has 0 atom stereocenters. The molecule has 1 amide bonds. The van der Waals surface area contributed by atoms with Crippen LogP contribution in [0.4, 0.5) is 5.95 Å². The van der Waals surface area contributed by atoms with Gasteiger partial charge in [-0.2, -0.15) is 0 Å². The minimum absolute atomic E-state index is 0.317. The molecule has 2 fully saturated rings. The van der Waals surface area contributed by atoms with Crippen molar-refractivity contribution in [1.29, 1.82) is 0 Å². The molecular formula is C21H35N5O. The Morgan fingerprint density at radius 2 is 1.63 bits per heavy atom. The zero-order valence-corrected chi connectivity index (χ0v) is 17.1. The highest BCUT2D eigenvalue weighted by atomic mass is 16.2. The van der Waals surface area contributed by atoms with Crippen LogP contribution in [0, 0.1) is 5.41 Å². The molecule has 2 saturated heterocycles. The second-order valence-corrected chi connectivity index (χ2v) is 8.73. The van der Waals surface area contributed by atoms with Gasteiger partial charge in [-0.15, -0.1) is 0 Å². The summed E-state index contributed by atoms with van der Waals surface area (Å²) in [5.74, 6) is 1.21. The van der Waals surface area contributed by atoms with Gasteiger partial charge in [0.1, 0.15) is 0 Å². The third-order valence-corrected chi connectivity index (χ3v) is 6.04. The van der Waals surface area contributed by atoms with Crippen molar-refractivity contribution in [3.63, 3.8) is 0 Å². The molecule has 3 rings (SSSR count). The number of anilines is 1. The van der Waals surface area contributed by atoms with Gasteiger partial charge >= 0.3 is 0 Å². The summed E-state index contributed by atoms with van der Waals surface area (Å²) in [6.45, 7) is 11.8. The number of hydrogen-bond acceptors (Lipinski definition) is 5. The maximum atomic E-state index is 12.3. The summed E-state index contributed by atoms with van der Waals surface area (Å²) >= 11 is 0. The lowest BCUT2D eigenvalue weighted by atomic mass is 9.85. The Balaban J connectivity index is 1.28. The van der Waals surface area contributed by atoms with Gasteiger partial charge < -0.3 is 9.80 Å². The first-order valence-electron chi connectivity index (χ1n) is 10.6. The first-order chi connectivity index (χ1) is 13.0. The van der Waals surface area contributed by atoms with Gasteiger partial charge in [-0.25, -0.2) is 9.97 Å². The zero-order valence-electron chi connectivity index (χ0n) is 17.1. The molecule has 0 unspecified atom stereocenters. The summed E-state index contributed by atoms with van der Waals surface area (Å²) in [5.41, 5.74) is 0.317. The maximum Gasteiger partial charge on any atom is 0.225 e. The van der Waals surface area contributed by atoms with Gasteiger partial charge in [-0.3, -0.25) is 9.69 Å². The zero-order chi connectivity index (χ0) is 19.1. The number of hydrogen-bond donors (Lipinski definition) is 0. The van der Waals surface area contributed by atoms with E-state index in [1.54, 1.807) is 0 Å². The van der Waals surface area contributed by atoms with E-state index in [0.717, 1.165) is 77.4 Å². The van der Waals surface area contributed by atoms with Crippen molar-refractivity contribution in [2.45, 2.75) is 52.4 Å². The normalized spacial score (nSPS) is 21.3. The van der Waals surface area contributed by atoms with E-state index in [1.807, 2.05) is 18.5 Å². The Kier molecular flexibility index (Phi) is 7.05. The Morgan fingerprint density at radius 3 is 2.37 bits per heavy atom. The number of carbonyl (C=O) groups excluding carboxylic acids is 1. The highest BCUT2D eigenvalue weighted by Gasteiger charge is 2.27. The summed E-state index contributed by atoms with van der Waals surface area (Å²) in [7, 11) is 0. The van der Waals surface area contributed by atoms with E-state index < -0.39 is 0 Å². The number of unbranched alkanes of at least 4 members (excludes halogenated alkanes) is 2. The molecule has 0 aliphatic carbocycles. The van der Waals surface area contributed by atoms with Crippen LogP contribution in [0.3, 0.4) is 0 Å². The number of nitrogens with zero attached hydrogens (tertiary/aromatic N) is 5. The van der Waals surface area contributed by atoms with Crippen LogP contribution in [-0.2, 0) is 4.79 Å². The molecule has 1 aromatic heterocycles. The van der Waals surface area contributed by atoms with E-state index in [2.05, 4.69) is 38.5 Å². The third kappa shape index (κ3) is 6.16. The fourth-order valence-corrected chi connectivity index (χ4v) is 3.97. The molecule has 1 aromatic rings. The van der Waals surface area contributed by atoms with Crippen LogP contribution in [0.2, 0.25) is 0 Å². The van der Waals surface area contributed by atoms with Gasteiger partial charge in [0.2, 0.25) is 11.9 Å². The molecule has 0 radical (unpaired) electrons. The molecule has 0 bridgehead atoms. The summed E-state index contributed by atoms with van der Waals surface area (Å²) < 4.78 is 0.